The summed E-state index contributed by atoms with van der Waals surface area (Å²) < 4.78 is 34.6. The quantitative estimate of drug-likeness (QED) is 0.0122. The topological polar surface area (TPSA) is 152 Å². The summed E-state index contributed by atoms with van der Waals surface area (Å²) in [7, 11) is 1.43. The predicted molar refractivity (Wildman–Crippen MR) is 226 cm³/mol. The third kappa shape index (κ3) is 28.6. The van der Waals surface area contributed by atoms with Crippen LogP contribution in [0.15, 0.2) is 48.8 Å². The highest BCUT2D eigenvalue weighted by molar-refractivity contribution is 7.47. The summed E-state index contributed by atoms with van der Waals surface area (Å²) in [4.78, 5) is 23.0. The number of aliphatic hydroxyl groups is 3. The molecule has 1 aliphatic rings. The van der Waals surface area contributed by atoms with E-state index in [4.69, 9.17) is 18.5 Å². The van der Waals surface area contributed by atoms with Crippen LogP contribution in [-0.2, 0) is 27.9 Å². The Morgan fingerprint density at radius 1 is 0.786 bits per heavy atom. The number of hydrogen-bond donors (Lipinski definition) is 4. The van der Waals surface area contributed by atoms with Gasteiger partial charge in [0.15, 0.2) is 6.10 Å². The standard InChI is InChI=1S/C44H80NO10P/c1-6-8-10-11-12-13-14-15-16-17-18-19-20-21-22-26-33-52-36-39(37-54-56(50,51)53-34-32-45(3,4)5)55-44(49)29-25-24-28-40-41(43(48)35-42(40)47)31-30-38(46)27-23-9-7-2/h13-14,24-26,30-31,33,38-43,46-48H,6-12,15-23,27-29,32,34-37H2,1-5H3/p+1/b14-13-,25-24-,31-30+,33-26+/t38-,39-,40+,41-,42+,43-/m1/s1. The van der Waals surface area contributed by atoms with Crippen LogP contribution in [0.25, 0.3) is 0 Å². The molecule has 0 aliphatic heterocycles. The van der Waals surface area contributed by atoms with Gasteiger partial charge in [0, 0.05) is 12.3 Å². The van der Waals surface area contributed by atoms with Crippen LogP contribution in [0.3, 0.4) is 0 Å². The number of ether oxygens (including phenoxy) is 2. The molecule has 1 aliphatic carbocycles. The second-order valence-corrected chi connectivity index (χ2v) is 17.9. The molecule has 0 radical (unpaired) electrons. The number of esters is 1. The largest absolute Gasteiger partial charge is 0.498 e. The molecule has 0 bridgehead atoms. The van der Waals surface area contributed by atoms with Gasteiger partial charge in [0.2, 0.25) is 0 Å². The van der Waals surface area contributed by atoms with Gasteiger partial charge in [-0.3, -0.25) is 13.8 Å². The van der Waals surface area contributed by atoms with Gasteiger partial charge in [-0.05, 0) is 63.4 Å². The van der Waals surface area contributed by atoms with Crippen molar-refractivity contribution >= 4 is 13.8 Å². The Labute approximate surface area is 340 Å². The first-order valence-corrected chi connectivity index (χ1v) is 23.2. The molecule has 56 heavy (non-hydrogen) atoms. The van der Waals surface area contributed by atoms with Gasteiger partial charge in [-0.15, -0.1) is 0 Å². The van der Waals surface area contributed by atoms with Crippen molar-refractivity contribution in [3.63, 3.8) is 0 Å². The fraction of sp³-hybridized carbons (Fsp3) is 0.795. The SMILES string of the molecule is CCCCCC/C=C\CCCCCCCC/C=C/OC[C@H](COP(=O)(O)OCC[N+](C)(C)C)OC(=O)C/C=C\C[C@H]1[C@@H](/C=C/[C@H](O)CCCCC)[C@H](O)C[C@@H]1O. The number of nitrogens with zero attached hydrogens (tertiary/aromatic N) is 1. The molecule has 0 aromatic rings. The summed E-state index contributed by atoms with van der Waals surface area (Å²) in [6.45, 7) is 4.41. The molecule has 326 valence electrons. The monoisotopic (exact) mass is 815 g/mol. The number of unbranched alkanes of at least 4 members (excludes halogenated alkanes) is 13. The molecule has 11 nitrogen and oxygen atoms in total. The average Bonchev–Trinajstić information content (AvgIpc) is 3.40. The number of aliphatic hydroxyl groups excluding tert-OH is 3. The number of carbonyl (C=O) groups is 1. The van der Waals surface area contributed by atoms with Gasteiger partial charge in [0.1, 0.15) is 19.8 Å². The first-order chi connectivity index (χ1) is 26.8. The number of carbonyl (C=O) groups excluding carboxylic acids is 1. The first-order valence-electron chi connectivity index (χ1n) is 21.7. The highest BCUT2D eigenvalue weighted by Gasteiger charge is 2.39. The number of allylic oxidation sites excluding steroid dienone is 4. The van der Waals surface area contributed by atoms with Gasteiger partial charge in [0.05, 0.1) is 58.7 Å². The third-order valence-electron chi connectivity index (χ3n) is 10.0. The Morgan fingerprint density at radius 3 is 2.04 bits per heavy atom. The van der Waals surface area contributed by atoms with E-state index in [1.165, 1.54) is 64.2 Å². The van der Waals surface area contributed by atoms with Crippen LogP contribution in [0.5, 0.6) is 0 Å². The van der Waals surface area contributed by atoms with E-state index in [1.807, 2.05) is 33.3 Å². The van der Waals surface area contributed by atoms with Crippen LogP contribution in [-0.4, -0.2) is 103 Å². The lowest BCUT2D eigenvalue weighted by Crippen LogP contribution is -2.37. The second kappa shape index (κ2) is 32.1. The Morgan fingerprint density at radius 2 is 1.39 bits per heavy atom. The van der Waals surface area contributed by atoms with E-state index in [0.29, 0.717) is 23.9 Å². The van der Waals surface area contributed by atoms with Crippen molar-refractivity contribution < 1.29 is 52.6 Å². The Bertz CT molecular complexity index is 1150. The summed E-state index contributed by atoms with van der Waals surface area (Å²) in [5.41, 5.74) is 0. The van der Waals surface area contributed by atoms with Gasteiger partial charge < -0.3 is 34.2 Å². The minimum absolute atomic E-state index is 0.0191. The third-order valence-corrected chi connectivity index (χ3v) is 11.0. The predicted octanol–water partition coefficient (Wildman–Crippen LogP) is 9.11. The van der Waals surface area contributed by atoms with Crippen molar-refractivity contribution in [2.24, 2.45) is 11.8 Å². The molecule has 1 saturated carbocycles. The normalized spacial score (nSPS) is 21.4. The Hall–Kier alpha value is -1.82. The smallest absolute Gasteiger partial charge is 0.472 e. The minimum Gasteiger partial charge on any atom is -0.498 e. The molecule has 1 rings (SSSR count). The number of hydrogen-bond acceptors (Lipinski definition) is 9. The Kier molecular flexibility index (Phi) is 29.9. The van der Waals surface area contributed by atoms with E-state index in [9.17, 15) is 29.6 Å². The molecule has 0 heterocycles. The van der Waals surface area contributed by atoms with Crippen LogP contribution in [0, 0.1) is 11.8 Å². The molecule has 0 spiro atoms. The van der Waals surface area contributed by atoms with E-state index in [2.05, 4.69) is 26.0 Å². The van der Waals surface area contributed by atoms with Gasteiger partial charge >= 0.3 is 13.8 Å². The van der Waals surface area contributed by atoms with Gasteiger partial charge in [-0.2, -0.15) is 0 Å². The molecule has 0 amide bonds. The molecule has 0 aromatic carbocycles. The highest BCUT2D eigenvalue weighted by Crippen LogP contribution is 2.43. The number of phosphoric ester groups is 1. The van der Waals surface area contributed by atoms with Crippen LogP contribution >= 0.6 is 7.82 Å². The summed E-state index contributed by atoms with van der Waals surface area (Å²) in [6.07, 6.45) is 32.2. The van der Waals surface area contributed by atoms with Gasteiger partial charge in [0.25, 0.3) is 0 Å². The molecule has 0 aromatic heterocycles. The van der Waals surface area contributed by atoms with Gasteiger partial charge in [-0.25, -0.2) is 4.57 Å². The van der Waals surface area contributed by atoms with Crippen LogP contribution in [0.4, 0.5) is 0 Å². The lowest BCUT2D eigenvalue weighted by atomic mass is 9.89. The zero-order chi connectivity index (χ0) is 41.5. The van der Waals surface area contributed by atoms with Crippen LogP contribution in [0.1, 0.15) is 142 Å². The summed E-state index contributed by atoms with van der Waals surface area (Å²) in [5, 5.41) is 31.4. The second-order valence-electron chi connectivity index (χ2n) is 16.4. The van der Waals surface area contributed by atoms with E-state index in [0.717, 1.165) is 38.5 Å². The van der Waals surface area contributed by atoms with Crippen LogP contribution in [0.2, 0.25) is 0 Å². The van der Waals surface area contributed by atoms with E-state index in [1.54, 1.807) is 24.5 Å². The molecule has 1 unspecified atom stereocenters. The summed E-state index contributed by atoms with van der Waals surface area (Å²) >= 11 is 0. The maximum absolute atomic E-state index is 12.8. The molecular weight excluding hydrogens is 733 g/mol. The molecule has 1 fully saturated rings. The average molecular weight is 815 g/mol. The molecule has 0 saturated heterocycles. The highest BCUT2D eigenvalue weighted by atomic mass is 31.2. The summed E-state index contributed by atoms with van der Waals surface area (Å²) in [5.74, 6) is -1.13. The maximum Gasteiger partial charge on any atom is 0.472 e. The van der Waals surface area contributed by atoms with Crippen molar-refractivity contribution in [1.82, 2.24) is 0 Å². The molecule has 12 heteroatoms. The van der Waals surface area contributed by atoms with Crippen LogP contribution < -0.4 is 0 Å². The van der Waals surface area contributed by atoms with E-state index in [-0.39, 0.29) is 44.5 Å². The first kappa shape index (κ1) is 52.2. The van der Waals surface area contributed by atoms with Crippen molar-refractivity contribution in [3.05, 3.63) is 48.8 Å². The van der Waals surface area contributed by atoms with Crippen molar-refractivity contribution in [2.75, 3.05) is 47.5 Å². The fourth-order valence-corrected chi connectivity index (χ4v) is 7.29. The minimum atomic E-state index is -4.39. The lowest BCUT2D eigenvalue weighted by molar-refractivity contribution is -0.870. The maximum atomic E-state index is 12.8. The van der Waals surface area contributed by atoms with Gasteiger partial charge in [-0.1, -0.05) is 115 Å². The number of likely N-dealkylation sites (N-methyl/N-ethyl adjacent to an activating group) is 1. The Balaban J connectivity index is 2.55. The lowest BCUT2D eigenvalue weighted by Gasteiger charge is -2.24. The molecule has 4 N–H and O–H groups in total. The summed E-state index contributed by atoms with van der Waals surface area (Å²) in [6, 6.07) is 0. The molecular formula is C44H81NO10P+. The van der Waals surface area contributed by atoms with Crippen molar-refractivity contribution in [2.45, 2.75) is 167 Å². The van der Waals surface area contributed by atoms with E-state index >= 15 is 0 Å². The van der Waals surface area contributed by atoms with Crippen molar-refractivity contribution in [1.29, 1.82) is 0 Å². The number of quaternary nitrogens is 1. The number of rotatable bonds is 35. The van der Waals surface area contributed by atoms with E-state index < -0.39 is 38.2 Å². The fourth-order valence-electron chi connectivity index (χ4n) is 6.55. The number of phosphoric acid groups is 1. The molecule has 7 atom stereocenters. The van der Waals surface area contributed by atoms with Crippen molar-refractivity contribution in [3.8, 4) is 0 Å². The zero-order valence-electron chi connectivity index (χ0n) is 35.7. The zero-order valence-corrected chi connectivity index (χ0v) is 36.6.